The average molecular weight is 379 g/mol. The van der Waals surface area contributed by atoms with Gasteiger partial charge in [-0.3, -0.25) is 9.59 Å². The van der Waals surface area contributed by atoms with Crippen LogP contribution in [0.25, 0.3) is 0 Å². The summed E-state index contributed by atoms with van der Waals surface area (Å²) in [6.07, 6.45) is 1.77. The molecule has 0 aliphatic carbocycles. The molecule has 23 heavy (non-hydrogen) atoms. The molecule has 2 fully saturated rings. The second-order valence-electron chi connectivity index (χ2n) is 7.00. The molecule has 0 radical (unpaired) electrons. The van der Waals surface area contributed by atoms with Crippen molar-refractivity contribution in [1.29, 1.82) is 0 Å². The topological polar surface area (TPSA) is 40.6 Å². The van der Waals surface area contributed by atoms with Gasteiger partial charge in [0.1, 0.15) is 5.92 Å². The lowest BCUT2D eigenvalue weighted by Gasteiger charge is -2.36. The third-order valence-electron chi connectivity index (χ3n) is 4.80. The largest absolute Gasteiger partial charge is 0.341 e. The summed E-state index contributed by atoms with van der Waals surface area (Å²) in [5.74, 6) is 0.483. The van der Waals surface area contributed by atoms with Gasteiger partial charge in [-0.15, -0.1) is 0 Å². The number of hydrogen-bond acceptors (Lipinski definition) is 2. The Morgan fingerprint density at radius 1 is 1.22 bits per heavy atom. The lowest BCUT2D eigenvalue weighted by Crippen LogP contribution is -2.47. The van der Waals surface area contributed by atoms with E-state index in [1.807, 2.05) is 29.2 Å². The zero-order valence-electron chi connectivity index (χ0n) is 13.7. The number of hydrogen-bond donors (Lipinski definition) is 0. The van der Waals surface area contributed by atoms with E-state index in [1.54, 1.807) is 4.90 Å². The van der Waals surface area contributed by atoms with Crippen LogP contribution in [0.4, 0.5) is 5.69 Å². The summed E-state index contributed by atoms with van der Waals surface area (Å²) >= 11 is 3.44. The van der Waals surface area contributed by atoms with E-state index in [1.165, 1.54) is 0 Å². The predicted octanol–water partition coefficient (Wildman–Crippen LogP) is 3.31. The molecule has 1 aromatic carbocycles. The molecule has 0 aromatic heterocycles. The molecule has 0 N–H and O–H groups in total. The summed E-state index contributed by atoms with van der Waals surface area (Å²) in [7, 11) is 0. The fraction of sp³-hybridized carbons (Fsp3) is 0.556. The van der Waals surface area contributed by atoms with Crippen LogP contribution in [0, 0.1) is 17.8 Å². The number of amides is 2. The molecular weight excluding hydrogens is 356 g/mol. The Hall–Kier alpha value is -1.36. The molecule has 2 aliphatic rings. The highest BCUT2D eigenvalue weighted by Gasteiger charge is 2.41. The molecule has 1 aromatic rings. The Bertz CT molecular complexity index is 609. The number of rotatable bonds is 2. The van der Waals surface area contributed by atoms with Crippen LogP contribution in [0.15, 0.2) is 28.7 Å². The number of piperidine rings is 1. The van der Waals surface area contributed by atoms with Crippen molar-refractivity contribution in [1.82, 2.24) is 4.90 Å². The Morgan fingerprint density at radius 3 is 2.57 bits per heavy atom. The molecule has 0 bridgehead atoms. The predicted molar refractivity (Wildman–Crippen MR) is 94.1 cm³/mol. The molecule has 2 heterocycles. The Balaban J connectivity index is 1.72. The van der Waals surface area contributed by atoms with Gasteiger partial charge < -0.3 is 9.80 Å². The zero-order chi connectivity index (χ0) is 16.6. The summed E-state index contributed by atoms with van der Waals surface area (Å²) in [4.78, 5) is 29.2. The first-order chi connectivity index (χ1) is 11.0. The molecule has 3 unspecified atom stereocenters. The number of carbonyl (C=O) groups is 2. The summed E-state index contributed by atoms with van der Waals surface area (Å²) in [5, 5.41) is 0. The molecule has 2 aliphatic heterocycles. The number of nitrogens with zero attached hydrogens (tertiary/aromatic N) is 2. The quantitative estimate of drug-likeness (QED) is 0.740. The Kier molecular flexibility index (Phi) is 4.76. The van der Waals surface area contributed by atoms with Crippen LogP contribution < -0.4 is 4.90 Å². The van der Waals surface area contributed by atoms with Gasteiger partial charge in [0.25, 0.3) is 0 Å². The number of likely N-dealkylation sites (tertiary alicyclic amines) is 1. The normalized spacial score (nSPS) is 28.3. The van der Waals surface area contributed by atoms with Gasteiger partial charge in [-0.25, -0.2) is 0 Å². The van der Waals surface area contributed by atoms with Crippen molar-refractivity contribution in [2.24, 2.45) is 17.8 Å². The third kappa shape index (κ3) is 3.44. The highest BCUT2D eigenvalue weighted by atomic mass is 79.9. The summed E-state index contributed by atoms with van der Waals surface area (Å²) in [6.45, 7) is 6.54. The summed E-state index contributed by atoms with van der Waals surface area (Å²) in [5.41, 5.74) is 0.861. The lowest BCUT2D eigenvalue weighted by molar-refractivity contribution is -0.142. The minimum Gasteiger partial charge on any atom is -0.341 e. The molecule has 3 rings (SSSR count). The van der Waals surface area contributed by atoms with Gasteiger partial charge >= 0.3 is 0 Å². The molecule has 2 saturated heterocycles. The van der Waals surface area contributed by atoms with E-state index >= 15 is 0 Å². The lowest BCUT2D eigenvalue weighted by atomic mass is 9.91. The first kappa shape index (κ1) is 16.5. The van der Waals surface area contributed by atoms with Crippen molar-refractivity contribution in [3.8, 4) is 0 Å². The maximum absolute atomic E-state index is 12.8. The second kappa shape index (κ2) is 6.63. The molecule has 124 valence electrons. The first-order valence-corrected chi connectivity index (χ1v) is 9.10. The van der Waals surface area contributed by atoms with Crippen LogP contribution in [-0.4, -0.2) is 36.3 Å². The Labute approximate surface area is 146 Å². The van der Waals surface area contributed by atoms with E-state index in [0.717, 1.165) is 29.7 Å². The van der Waals surface area contributed by atoms with Gasteiger partial charge in [-0.1, -0.05) is 35.8 Å². The van der Waals surface area contributed by atoms with Crippen LogP contribution >= 0.6 is 15.9 Å². The summed E-state index contributed by atoms with van der Waals surface area (Å²) < 4.78 is 0.941. The number of anilines is 1. The van der Waals surface area contributed by atoms with E-state index in [9.17, 15) is 9.59 Å². The number of carbonyl (C=O) groups excluding carboxylic acids is 2. The molecule has 0 saturated carbocycles. The fourth-order valence-electron chi connectivity index (χ4n) is 3.87. The SMILES string of the molecule is CC1CC(C)CN(C(=O)C2CCN(c3cccc(Br)c3)C2=O)C1. The van der Waals surface area contributed by atoms with Crippen LogP contribution in [0.5, 0.6) is 0 Å². The van der Waals surface area contributed by atoms with Crippen LogP contribution in [0.1, 0.15) is 26.7 Å². The molecule has 0 spiro atoms. The zero-order valence-corrected chi connectivity index (χ0v) is 15.3. The van der Waals surface area contributed by atoms with E-state index in [2.05, 4.69) is 29.8 Å². The first-order valence-electron chi connectivity index (χ1n) is 8.31. The molecule has 3 atom stereocenters. The van der Waals surface area contributed by atoms with Crippen molar-refractivity contribution in [2.75, 3.05) is 24.5 Å². The van der Waals surface area contributed by atoms with E-state index < -0.39 is 5.92 Å². The van der Waals surface area contributed by atoms with Crippen LogP contribution in [0.3, 0.4) is 0 Å². The van der Waals surface area contributed by atoms with Gasteiger partial charge in [0, 0.05) is 29.8 Å². The van der Waals surface area contributed by atoms with Gasteiger partial charge in [0.05, 0.1) is 0 Å². The van der Waals surface area contributed by atoms with Gasteiger partial charge in [0.15, 0.2) is 0 Å². The molecule has 2 amide bonds. The van der Waals surface area contributed by atoms with E-state index in [4.69, 9.17) is 0 Å². The van der Waals surface area contributed by atoms with Crippen molar-refractivity contribution >= 4 is 33.4 Å². The smallest absolute Gasteiger partial charge is 0.239 e. The van der Waals surface area contributed by atoms with E-state index in [0.29, 0.717) is 24.8 Å². The van der Waals surface area contributed by atoms with Crippen LogP contribution in [-0.2, 0) is 9.59 Å². The molecule has 5 heteroatoms. The van der Waals surface area contributed by atoms with Crippen molar-refractivity contribution in [3.63, 3.8) is 0 Å². The number of halogens is 1. The van der Waals surface area contributed by atoms with Gasteiger partial charge in [-0.05, 0) is 42.9 Å². The fourth-order valence-corrected chi connectivity index (χ4v) is 4.26. The van der Waals surface area contributed by atoms with E-state index in [-0.39, 0.29) is 11.8 Å². The molecule has 4 nitrogen and oxygen atoms in total. The standard InChI is InChI=1S/C18H23BrN2O2/c1-12-8-13(2)11-20(10-12)17(22)16-6-7-21(18(16)23)15-5-3-4-14(19)9-15/h3-5,9,12-13,16H,6-8,10-11H2,1-2H3. The minimum absolute atomic E-state index is 0.0193. The second-order valence-corrected chi connectivity index (χ2v) is 7.92. The minimum atomic E-state index is -0.508. The third-order valence-corrected chi connectivity index (χ3v) is 5.30. The van der Waals surface area contributed by atoms with Gasteiger partial charge in [0.2, 0.25) is 11.8 Å². The average Bonchev–Trinajstić information content (AvgIpc) is 2.87. The Morgan fingerprint density at radius 2 is 1.91 bits per heavy atom. The summed E-state index contributed by atoms with van der Waals surface area (Å²) in [6, 6.07) is 7.69. The number of benzene rings is 1. The van der Waals surface area contributed by atoms with Crippen LogP contribution in [0.2, 0.25) is 0 Å². The van der Waals surface area contributed by atoms with Gasteiger partial charge in [-0.2, -0.15) is 0 Å². The highest BCUT2D eigenvalue weighted by Crippen LogP contribution is 2.30. The van der Waals surface area contributed by atoms with Crippen molar-refractivity contribution in [3.05, 3.63) is 28.7 Å². The monoisotopic (exact) mass is 378 g/mol. The maximum atomic E-state index is 12.8. The van der Waals surface area contributed by atoms with Crippen molar-refractivity contribution < 1.29 is 9.59 Å². The maximum Gasteiger partial charge on any atom is 0.239 e. The highest BCUT2D eigenvalue weighted by molar-refractivity contribution is 9.10. The van der Waals surface area contributed by atoms with Crippen molar-refractivity contribution in [2.45, 2.75) is 26.7 Å². The molecular formula is C18H23BrN2O2.